The molecule has 2 atom stereocenters. The quantitative estimate of drug-likeness (QED) is 0.364. The lowest BCUT2D eigenvalue weighted by atomic mass is 10.0. The first-order valence-electron chi connectivity index (χ1n) is 11.4. The van der Waals surface area contributed by atoms with E-state index in [1.54, 1.807) is 17.4 Å². The minimum atomic E-state index is -0.141. The van der Waals surface area contributed by atoms with Gasteiger partial charge in [0.05, 0.1) is 16.1 Å². The summed E-state index contributed by atoms with van der Waals surface area (Å²) in [7, 11) is 2.18. The molecule has 0 unspecified atom stereocenters. The second-order valence-electron chi connectivity index (χ2n) is 9.17. The van der Waals surface area contributed by atoms with E-state index in [1.807, 2.05) is 35.9 Å². The van der Waals surface area contributed by atoms with Crippen LogP contribution in [0.4, 0.5) is 11.4 Å². The Kier molecular flexibility index (Phi) is 6.10. The van der Waals surface area contributed by atoms with Crippen molar-refractivity contribution in [3.8, 4) is 11.4 Å². The zero-order valence-electron chi connectivity index (χ0n) is 19.7. The third-order valence-corrected chi connectivity index (χ3v) is 7.85. The second kappa shape index (κ2) is 9.06. The highest BCUT2D eigenvalue weighted by Crippen LogP contribution is 2.31. The van der Waals surface area contributed by atoms with Gasteiger partial charge in [-0.25, -0.2) is 4.98 Å². The van der Waals surface area contributed by atoms with Crippen molar-refractivity contribution in [1.82, 2.24) is 14.9 Å². The molecule has 2 N–H and O–H groups in total. The number of piperazine rings is 1. The Bertz CT molecular complexity index is 1320. The summed E-state index contributed by atoms with van der Waals surface area (Å²) in [5.41, 5.74) is 6.09. The standard InChI is InChI=1S/C26H28ClN5OS/c1-15-9-19(32-11-16(2)31(4)17(3)12-32)6-7-20(15)26(33)28-18-5-8-22(27)21(10-18)25-29-23-13-34-14-24(23)30-25/h5-10,13-14,16-17H,11-12H2,1-4H3,(H,28,33)(H,29,30)/t16-,17+. The lowest BCUT2D eigenvalue weighted by Crippen LogP contribution is -2.55. The van der Waals surface area contributed by atoms with Crippen molar-refractivity contribution in [3.05, 3.63) is 63.3 Å². The molecule has 3 heterocycles. The van der Waals surface area contributed by atoms with Crippen LogP contribution in [0.3, 0.4) is 0 Å². The van der Waals surface area contributed by atoms with Gasteiger partial charge in [-0.15, -0.1) is 11.3 Å². The van der Waals surface area contributed by atoms with Gasteiger partial charge < -0.3 is 15.2 Å². The first-order valence-corrected chi connectivity index (χ1v) is 12.7. The Morgan fingerprint density at radius 3 is 2.62 bits per heavy atom. The topological polar surface area (TPSA) is 64.3 Å². The van der Waals surface area contributed by atoms with E-state index in [-0.39, 0.29) is 5.91 Å². The normalized spacial score (nSPS) is 19.0. The molecule has 176 valence electrons. The van der Waals surface area contributed by atoms with Crippen molar-refractivity contribution >= 4 is 51.3 Å². The second-order valence-corrected chi connectivity index (χ2v) is 10.3. The molecule has 1 fully saturated rings. The van der Waals surface area contributed by atoms with E-state index < -0.39 is 0 Å². The van der Waals surface area contributed by atoms with Crippen molar-refractivity contribution in [1.29, 1.82) is 0 Å². The molecule has 0 radical (unpaired) electrons. The number of aryl methyl sites for hydroxylation is 1. The number of nitrogens with one attached hydrogen (secondary N) is 2. The van der Waals surface area contributed by atoms with Crippen molar-refractivity contribution < 1.29 is 4.79 Å². The highest BCUT2D eigenvalue weighted by molar-refractivity contribution is 7.09. The third kappa shape index (κ3) is 4.31. The van der Waals surface area contributed by atoms with E-state index in [1.165, 1.54) is 0 Å². The maximum atomic E-state index is 13.1. The summed E-state index contributed by atoms with van der Waals surface area (Å²) in [6.07, 6.45) is 0. The summed E-state index contributed by atoms with van der Waals surface area (Å²) in [6, 6.07) is 12.5. The monoisotopic (exact) mass is 493 g/mol. The Morgan fingerprint density at radius 1 is 1.15 bits per heavy atom. The molecule has 1 saturated heterocycles. The summed E-state index contributed by atoms with van der Waals surface area (Å²) < 4.78 is 0. The first kappa shape index (κ1) is 22.9. The van der Waals surface area contributed by atoms with Gasteiger partial charge >= 0.3 is 0 Å². The Hall–Kier alpha value is -2.87. The summed E-state index contributed by atoms with van der Waals surface area (Å²) in [5, 5.41) is 7.61. The number of thiophene rings is 1. The van der Waals surface area contributed by atoms with E-state index in [0.717, 1.165) is 40.9 Å². The van der Waals surface area contributed by atoms with Crippen LogP contribution in [-0.2, 0) is 0 Å². The number of imidazole rings is 1. The molecule has 2 aromatic carbocycles. The maximum Gasteiger partial charge on any atom is 0.255 e. The number of hydrogen-bond donors (Lipinski definition) is 2. The highest BCUT2D eigenvalue weighted by atomic mass is 35.5. The molecule has 0 aliphatic carbocycles. The molecule has 0 spiro atoms. The molecule has 0 bridgehead atoms. The number of H-pyrrole nitrogens is 1. The van der Waals surface area contributed by atoms with E-state index in [2.05, 4.69) is 58.1 Å². The van der Waals surface area contributed by atoms with Crippen molar-refractivity contribution in [2.45, 2.75) is 32.9 Å². The predicted molar refractivity (Wildman–Crippen MR) is 142 cm³/mol. The van der Waals surface area contributed by atoms with Crippen LogP contribution in [0, 0.1) is 6.92 Å². The average molecular weight is 494 g/mol. The van der Waals surface area contributed by atoms with Gasteiger partial charge in [0, 0.05) is 58.4 Å². The Morgan fingerprint density at radius 2 is 1.91 bits per heavy atom. The van der Waals surface area contributed by atoms with E-state index in [0.29, 0.717) is 34.2 Å². The first-order chi connectivity index (χ1) is 16.3. The lowest BCUT2D eigenvalue weighted by Gasteiger charge is -2.43. The average Bonchev–Trinajstić information content (AvgIpc) is 3.40. The van der Waals surface area contributed by atoms with Gasteiger partial charge in [-0.05, 0) is 69.8 Å². The number of likely N-dealkylation sites (N-methyl/N-ethyl adjacent to an activating group) is 1. The van der Waals surface area contributed by atoms with Crippen LogP contribution in [0.5, 0.6) is 0 Å². The lowest BCUT2D eigenvalue weighted by molar-refractivity contribution is 0.102. The van der Waals surface area contributed by atoms with Gasteiger partial charge in [0.25, 0.3) is 5.91 Å². The van der Waals surface area contributed by atoms with Gasteiger partial charge in [0.2, 0.25) is 0 Å². The Balaban J connectivity index is 1.35. The zero-order valence-corrected chi connectivity index (χ0v) is 21.3. The fraction of sp³-hybridized carbons (Fsp3) is 0.308. The number of anilines is 2. The SMILES string of the molecule is Cc1cc(N2C[C@@H](C)N(C)[C@@H](C)C2)ccc1C(=O)Nc1ccc(Cl)c(-c2nc3cscc3[nH]2)c1. The molecular formula is C26H28ClN5OS. The molecule has 4 aromatic rings. The minimum Gasteiger partial charge on any atom is -0.368 e. The van der Waals surface area contributed by atoms with Crippen molar-refractivity contribution in [3.63, 3.8) is 0 Å². The van der Waals surface area contributed by atoms with E-state index >= 15 is 0 Å². The number of hydrogen-bond acceptors (Lipinski definition) is 5. The van der Waals surface area contributed by atoms with Crippen LogP contribution in [0.1, 0.15) is 29.8 Å². The third-order valence-electron chi connectivity index (χ3n) is 6.79. The molecule has 1 amide bonds. The number of halogens is 1. The van der Waals surface area contributed by atoms with Gasteiger partial charge in [0.15, 0.2) is 0 Å². The van der Waals surface area contributed by atoms with Crippen molar-refractivity contribution in [2.75, 3.05) is 30.4 Å². The molecule has 8 heteroatoms. The number of carbonyl (C=O) groups is 1. The van der Waals surface area contributed by atoms with Crippen LogP contribution in [0.25, 0.3) is 22.4 Å². The van der Waals surface area contributed by atoms with Gasteiger partial charge in [-0.1, -0.05) is 11.6 Å². The fourth-order valence-corrected chi connectivity index (χ4v) is 5.47. The summed E-state index contributed by atoms with van der Waals surface area (Å²) in [6.45, 7) is 8.45. The van der Waals surface area contributed by atoms with E-state index in [9.17, 15) is 4.79 Å². The van der Waals surface area contributed by atoms with E-state index in [4.69, 9.17) is 11.6 Å². The summed E-state index contributed by atoms with van der Waals surface area (Å²) in [5.74, 6) is 0.549. The zero-order chi connectivity index (χ0) is 24.0. The fourth-order valence-electron chi connectivity index (χ4n) is 4.57. The number of fused-ring (bicyclic) bond motifs is 1. The largest absolute Gasteiger partial charge is 0.368 e. The minimum absolute atomic E-state index is 0.141. The van der Waals surface area contributed by atoms with Gasteiger partial charge in [-0.3, -0.25) is 9.69 Å². The maximum absolute atomic E-state index is 13.1. The number of benzene rings is 2. The van der Waals surface area contributed by atoms with Crippen molar-refractivity contribution in [2.24, 2.45) is 0 Å². The molecule has 2 aromatic heterocycles. The smallest absolute Gasteiger partial charge is 0.255 e. The van der Waals surface area contributed by atoms with Crippen LogP contribution < -0.4 is 10.2 Å². The number of nitrogens with zero attached hydrogens (tertiary/aromatic N) is 3. The van der Waals surface area contributed by atoms with Crippen LogP contribution in [-0.4, -0.2) is 53.0 Å². The van der Waals surface area contributed by atoms with Gasteiger partial charge in [0.1, 0.15) is 5.82 Å². The van der Waals surface area contributed by atoms with Crippen LogP contribution in [0.15, 0.2) is 47.2 Å². The molecule has 34 heavy (non-hydrogen) atoms. The Labute approximate surface area is 208 Å². The molecule has 5 rings (SSSR count). The highest BCUT2D eigenvalue weighted by Gasteiger charge is 2.27. The summed E-state index contributed by atoms with van der Waals surface area (Å²) in [4.78, 5) is 25.8. The molecule has 6 nitrogen and oxygen atoms in total. The molecule has 1 aliphatic rings. The summed E-state index contributed by atoms with van der Waals surface area (Å²) >= 11 is 8.05. The molecular weight excluding hydrogens is 466 g/mol. The number of aromatic amines is 1. The van der Waals surface area contributed by atoms with Crippen LogP contribution in [0.2, 0.25) is 5.02 Å². The van der Waals surface area contributed by atoms with Gasteiger partial charge in [-0.2, -0.15) is 0 Å². The predicted octanol–water partition coefficient (Wildman–Crippen LogP) is 6.03. The molecule has 0 saturated carbocycles. The number of rotatable bonds is 4. The number of aromatic nitrogens is 2. The molecule has 1 aliphatic heterocycles. The van der Waals surface area contributed by atoms with Crippen LogP contribution >= 0.6 is 22.9 Å². The number of amides is 1. The number of carbonyl (C=O) groups excluding carboxylic acids is 1.